The van der Waals surface area contributed by atoms with E-state index < -0.39 is 0 Å². The van der Waals surface area contributed by atoms with Crippen LogP contribution in [-0.2, 0) is 11.8 Å². The van der Waals surface area contributed by atoms with Gasteiger partial charge in [0.25, 0.3) is 0 Å². The molecule has 1 heterocycles. The largest absolute Gasteiger partial charge is 0.245 e. The molecule has 2 heteroatoms. The molecule has 2 rings (SSSR count). The minimum absolute atomic E-state index is 0.261. The highest BCUT2D eigenvalue weighted by Gasteiger charge is 2.28. The van der Waals surface area contributed by atoms with Crippen LogP contribution in [0.1, 0.15) is 37.9 Å². The lowest BCUT2D eigenvalue weighted by Crippen LogP contribution is -2.25. The van der Waals surface area contributed by atoms with E-state index in [-0.39, 0.29) is 5.41 Å². The molecular formula is C11H14BrN. The highest BCUT2D eigenvalue weighted by Crippen LogP contribution is 2.35. The average molecular weight is 240 g/mol. The zero-order chi connectivity index (χ0) is 9.47. The van der Waals surface area contributed by atoms with Gasteiger partial charge >= 0.3 is 0 Å². The van der Waals surface area contributed by atoms with Crippen molar-refractivity contribution in [3.05, 3.63) is 28.0 Å². The van der Waals surface area contributed by atoms with Crippen LogP contribution in [0.2, 0.25) is 0 Å². The summed E-state index contributed by atoms with van der Waals surface area (Å²) < 4.78 is 0.959. The summed E-state index contributed by atoms with van der Waals surface area (Å²) in [5.74, 6) is 0. The minimum Gasteiger partial charge on any atom is -0.245 e. The number of hydrogen-bond acceptors (Lipinski definition) is 1. The number of halogens is 1. The van der Waals surface area contributed by atoms with Crippen molar-refractivity contribution in [3.8, 4) is 0 Å². The van der Waals surface area contributed by atoms with Gasteiger partial charge in [0.1, 0.15) is 4.60 Å². The smallest absolute Gasteiger partial charge is 0.106 e. The topological polar surface area (TPSA) is 12.9 Å². The molecule has 0 saturated heterocycles. The first kappa shape index (κ1) is 9.20. The van der Waals surface area contributed by atoms with Crippen molar-refractivity contribution < 1.29 is 0 Å². The Labute approximate surface area is 87.7 Å². The van der Waals surface area contributed by atoms with E-state index in [9.17, 15) is 0 Å². The predicted molar refractivity (Wildman–Crippen MR) is 57.9 cm³/mol. The SMILES string of the molecule is CC1(C)CCCc2ccc(Br)nc21. The number of fused-ring (bicyclic) bond motifs is 1. The molecule has 0 fully saturated rings. The highest BCUT2D eigenvalue weighted by atomic mass is 79.9. The van der Waals surface area contributed by atoms with E-state index in [1.807, 2.05) is 6.07 Å². The summed E-state index contributed by atoms with van der Waals surface area (Å²) in [4.78, 5) is 4.58. The molecule has 0 bridgehead atoms. The van der Waals surface area contributed by atoms with Gasteiger partial charge in [-0.25, -0.2) is 4.98 Å². The molecule has 0 amide bonds. The Hall–Kier alpha value is -0.370. The number of pyridine rings is 1. The summed E-state index contributed by atoms with van der Waals surface area (Å²) in [5, 5.41) is 0. The Morgan fingerprint density at radius 3 is 2.92 bits per heavy atom. The maximum absolute atomic E-state index is 4.58. The van der Waals surface area contributed by atoms with Crippen LogP contribution in [0.15, 0.2) is 16.7 Å². The third-order valence-corrected chi connectivity index (χ3v) is 3.28. The van der Waals surface area contributed by atoms with Crippen LogP contribution in [0.25, 0.3) is 0 Å². The van der Waals surface area contributed by atoms with Gasteiger partial charge < -0.3 is 0 Å². The van der Waals surface area contributed by atoms with E-state index in [2.05, 4.69) is 40.8 Å². The molecule has 0 unspecified atom stereocenters. The maximum Gasteiger partial charge on any atom is 0.106 e. The first-order chi connectivity index (χ1) is 6.09. The molecule has 1 nitrogen and oxygen atoms in total. The van der Waals surface area contributed by atoms with Gasteiger partial charge in [-0.2, -0.15) is 0 Å². The van der Waals surface area contributed by atoms with Gasteiger partial charge in [-0.3, -0.25) is 0 Å². The van der Waals surface area contributed by atoms with Crippen LogP contribution in [-0.4, -0.2) is 4.98 Å². The van der Waals surface area contributed by atoms with Crippen LogP contribution < -0.4 is 0 Å². The van der Waals surface area contributed by atoms with Crippen molar-refractivity contribution >= 4 is 15.9 Å². The average Bonchev–Trinajstić information content (AvgIpc) is 2.06. The van der Waals surface area contributed by atoms with Crippen molar-refractivity contribution in [2.75, 3.05) is 0 Å². The van der Waals surface area contributed by atoms with Crippen molar-refractivity contribution in [2.24, 2.45) is 0 Å². The van der Waals surface area contributed by atoms with Crippen molar-refractivity contribution in [1.82, 2.24) is 4.98 Å². The molecular weight excluding hydrogens is 226 g/mol. The molecule has 1 aromatic rings. The zero-order valence-corrected chi connectivity index (χ0v) is 9.69. The van der Waals surface area contributed by atoms with E-state index in [0.29, 0.717) is 0 Å². The van der Waals surface area contributed by atoms with Gasteiger partial charge in [0.05, 0.1) is 5.69 Å². The molecule has 70 valence electrons. The molecule has 0 aromatic carbocycles. The first-order valence-electron chi connectivity index (χ1n) is 4.75. The summed E-state index contributed by atoms with van der Waals surface area (Å²) in [6.07, 6.45) is 3.74. The van der Waals surface area contributed by atoms with Crippen LogP contribution in [0.5, 0.6) is 0 Å². The zero-order valence-electron chi connectivity index (χ0n) is 8.10. The normalized spacial score (nSPS) is 19.6. The molecule has 1 aliphatic carbocycles. The lowest BCUT2D eigenvalue weighted by atomic mass is 9.76. The second kappa shape index (κ2) is 3.09. The molecule has 1 aliphatic rings. The maximum atomic E-state index is 4.58. The lowest BCUT2D eigenvalue weighted by molar-refractivity contribution is 0.417. The fraction of sp³-hybridized carbons (Fsp3) is 0.545. The standard InChI is InChI=1S/C11H14BrN/c1-11(2)7-3-4-8-5-6-9(12)13-10(8)11/h5-6H,3-4,7H2,1-2H3. The van der Waals surface area contributed by atoms with Gasteiger partial charge in [0.2, 0.25) is 0 Å². The molecule has 1 aromatic heterocycles. The molecule has 0 aliphatic heterocycles. The fourth-order valence-corrected chi connectivity index (χ4v) is 2.40. The summed E-state index contributed by atoms with van der Waals surface area (Å²) in [6.45, 7) is 4.56. The Kier molecular flexibility index (Phi) is 2.18. The van der Waals surface area contributed by atoms with Crippen LogP contribution in [0.4, 0.5) is 0 Å². The number of nitrogens with zero attached hydrogens (tertiary/aromatic N) is 1. The third-order valence-electron chi connectivity index (χ3n) is 2.83. The summed E-state index contributed by atoms with van der Waals surface area (Å²) in [5.41, 5.74) is 2.98. The van der Waals surface area contributed by atoms with Crippen molar-refractivity contribution in [1.29, 1.82) is 0 Å². The quantitative estimate of drug-likeness (QED) is 0.633. The molecule has 0 spiro atoms. The highest BCUT2D eigenvalue weighted by molar-refractivity contribution is 9.10. The van der Waals surface area contributed by atoms with Crippen molar-refractivity contribution in [3.63, 3.8) is 0 Å². The van der Waals surface area contributed by atoms with E-state index in [1.54, 1.807) is 0 Å². The van der Waals surface area contributed by atoms with Gasteiger partial charge in [-0.1, -0.05) is 19.9 Å². The summed E-state index contributed by atoms with van der Waals surface area (Å²) in [7, 11) is 0. The van der Waals surface area contributed by atoms with E-state index in [1.165, 1.54) is 30.5 Å². The molecule has 0 radical (unpaired) electrons. The van der Waals surface area contributed by atoms with Gasteiger partial charge in [-0.05, 0) is 46.8 Å². The minimum atomic E-state index is 0.261. The fourth-order valence-electron chi connectivity index (χ4n) is 2.09. The monoisotopic (exact) mass is 239 g/mol. The Morgan fingerprint density at radius 2 is 2.15 bits per heavy atom. The van der Waals surface area contributed by atoms with Crippen LogP contribution in [0.3, 0.4) is 0 Å². The number of hydrogen-bond donors (Lipinski definition) is 0. The molecule has 0 saturated carbocycles. The summed E-state index contributed by atoms with van der Waals surface area (Å²) >= 11 is 3.43. The first-order valence-corrected chi connectivity index (χ1v) is 5.55. The van der Waals surface area contributed by atoms with Crippen molar-refractivity contribution in [2.45, 2.75) is 38.5 Å². The summed E-state index contributed by atoms with van der Waals surface area (Å²) in [6, 6.07) is 4.24. The van der Waals surface area contributed by atoms with Crippen LogP contribution >= 0.6 is 15.9 Å². The van der Waals surface area contributed by atoms with E-state index in [0.717, 1.165) is 4.60 Å². The Morgan fingerprint density at radius 1 is 1.38 bits per heavy atom. The van der Waals surface area contributed by atoms with E-state index in [4.69, 9.17) is 0 Å². The van der Waals surface area contributed by atoms with E-state index >= 15 is 0 Å². The Bertz CT molecular complexity index is 331. The predicted octanol–water partition coefficient (Wildman–Crippen LogP) is 3.46. The molecule has 0 N–H and O–H groups in total. The number of aromatic nitrogens is 1. The molecule has 13 heavy (non-hydrogen) atoms. The lowest BCUT2D eigenvalue weighted by Gasteiger charge is -2.31. The Balaban J connectivity index is 2.55. The van der Waals surface area contributed by atoms with Crippen LogP contribution in [0, 0.1) is 0 Å². The molecule has 0 atom stereocenters. The number of rotatable bonds is 0. The third kappa shape index (κ3) is 1.64. The van der Waals surface area contributed by atoms with Gasteiger partial charge in [0, 0.05) is 5.41 Å². The van der Waals surface area contributed by atoms with Gasteiger partial charge in [0.15, 0.2) is 0 Å². The van der Waals surface area contributed by atoms with Gasteiger partial charge in [-0.15, -0.1) is 0 Å². The second-order valence-corrected chi connectivity index (χ2v) is 5.19. The number of aryl methyl sites for hydroxylation is 1. The second-order valence-electron chi connectivity index (χ2n) is 4.38.